The average Bonchev–Trinajstić information content (AvgIpc) is 2.35. The lowest BCUT2D eigenvalue weighted by atomic mass is 9.91. The summed E-state index contributed by atoms with van der Waals surface area (Å²) in [5, 5.41) is 3.30. The zero-order chi connectivity index (χ0) is 13.8. The number of nitrogens with one attached hydrogen (secondary N) is 1. The molecule has 106 valence electrons. The molecule has 1 aromatic rings. The summed E-state index contributed by atoms with van der Waals surface area (Å²) in [6.45, 7) is 10.5. The SMILES string of the molecule is CCNCc1cc(F)ccc1N1CC(C)CC(C)C1. The number of anilines is 1. The molecule has 1 heterocycles. The number of benzene rings is 1. The molecule has 2 unspecified atom stereocenters. The number of nitrogens with zero attached hydrogens (tertiary/aromatic N) is 1. The summed E-state index contributed by atoms with van der Waals surface area (Å²) < 4.78 is 13.4. The number of piperidine rings is 1. The second-order valence-corrected chi connectivity index (χ2v) is 5.90. The van der Waals surface area contributed by atoms with Crippen LogP contribution in [-0.4, -0.2) is 19.6 Å². The van der Waals surface area contributed by atoms with Crippen molar-refractivity contribution < 1.29 is 4.39 Å². The Bertz CT molecular complexity index is 409. The van der Waals surface area contributed by atoms with Gasteiger partial charge in [-0.15, -0.1) is 0 Å². The predicted molar refractivity (Wildman–Crippen MR) is 78.9 cm³/mol. The topological polar surface area (TPSA) is 15.3 Å². The van der Waals surface area contributed by atoms with Crippen LogP contribution in [0.5, 0.6) is 0 Å². The van der Waals surface area contributed by atoms with Gasteiger partial charge in [-0.3, -0.25) is 0 Å². The highest BCUT2D eigenvalue weighted by atomic mass is 19.1. The van der Waals surface area contributed by atoms with E-state index in [0.29, 0.717) is 11.8 Å². The highest BCUT2D eigenvalue weighted by Crippen LogP contribution is 2.29. The molecule has 0 radical (unpaired) electrons. The molecule has 2 rings (SSSR count). The summed E-state index contributed by atoms with van der Waals surface area (Å²) in [6, 6.07) is 5.18. The lowest BCUT2D eigenvalue weighted by molar-refractivity contribution is 0.356. The van der Waals surface area contributed by atoms with Gasteiger partial charge in [-0.1, -0.05) is 20.8 Å². The van der Waals surface area contributed by atoms with Crippen LogP contribution in [0.15, 0.2) is 18.2 Å². The van der Waals surface area contributed by atoms with Crippen LogP contribution in [0, 0.1) is 17.7 Å². The van der Waals surface area contributed by atoms with E-state index in [4.69, 9.17) is 0 Å². The third-order valence-electron chi connectivity index (χ3n) is 3.82. The maximum atomic E-state index is 13.4. The Kier molecular flexibility index (Phi) is 4.81. The van der Waals surface area contributed by atoms with E-state index < -0.39 is 0 Å². The van der Waals surface area contributed by atoms with Crippen LogP contribution < -0.4 is 10.2 Å². The first-order valence-corrected chi connectivity index (χ1v) is 7.34. The number of hydrogen-bond acceptors (Lipinski definition) is 2. The highest BCUT2D eigenvalue weighted by Gasteiger charge is 2.23. The van der Waals surface area contributed by atoms with E-state index in [1.165, 1.54) is 12.1 Å². The van der Waals surface area contributed by atoms with Gasteiger partial charge >= 0.3 is 0 Å². The molecule has 3 heteroatoms. The van der Waals surface area contributed by atoms with Crippen LogP contribution in [0.4, 0.5) is 10.1 Å². The third kappa shape index (κ3) is 3.69. The van der Waals surface area contributed by atoms with Gasteiger partial charge in [0.15, 0.2) is 0 Å². The van der Waals surface area contributed by atoms with Gasteiger partial charge in [0.2, 0.25) is 0 Å². The van der Waals surface area contributed by atoms with E-state index in [-0.39, 0.29) is 5.82 Å². The predicted octanol–water partition coefficient (Wildman–Crippen LogP) is 3.42. The minimum absolute atomic E-state index is 0.144. The fourth-order valence-electron chi connectivity index (χ4n) is 3.12. The zero-order valence-electron chi connectivity index (χ0n) is 12.2. The molecule has 0 saturated carbocycles. The fourth-order valence-corrected chi connectivity index (χ4v) is 3.12. The van der Waals surface area contributed by atoms with Gasteiger partial charge in [-0.25, -0.2) is 4.39 Å². The Morgan fingerprint density at radius 2 is 1.95 bits per heavy atom. The summed E-state index contributed by atoms with van der Waals surface area (Å²) in [5.41, 5.74) is 2.27. The number of hydrogen-bond donors (Lipinski definition) is 1. The molecule has 1 saturated heterocycles. The Balaban J connectivity index is 2.22. The van der Waals surface area contributed by atoms with Gasteiger partial charge in [0, 0.05) is 25.3 Å². The Hall–Kier alpha value is -1.09. The Morgan fingerprint density at radius 3 is 2.58 bits per heavy atom. The van der Waals surface area contributed by atoms with Crippen molar-refractivity contribution in [2.24, 2.45) is 11.8 Å². The van der Waals surface area contributed by atoms with Gasteiger partial charge < -0.3 is 10.2 Å². The van der Waals surface area contributed by atoms with Crippen molar-refractivity contribution in [1.29, 1.82) is 0 Å². The van der Waals surface area contributed by atoms with Crippen molar-refractivity contribution in [1.82, 2.24) is 5.32 Å². The van der Waals surface area contributed by atoms with Crippen LogP contribution in [-0.2, 0) is 6.54 Å². The Morgan fingerprint density at radius 1 is 1.26 bits per heavy atom. The summed E-state index contributed by atoms with van der Waals surface area (Å²) in [5.74, 6) is 1.27. The molecule has 1 aliphatic heterocycles. The second kappa shape index (κ2) is 6.38. The smallest absolute Gasteiger partial charge is 0.123 e. The van der Waals surface area contributed by atoms with Crippen LogP contribution in [0.3, 0.4) is 0 Å². The molecule has 1 fully saturated rings. The summed E-state index contributed by atoms with van der Waals surface area (Å²) >= 11 is 0. The van der Waals surface area contributed by atoms with Gasteiger partial charge in [-0.2, -0.15) is 0 Å². The first kappa shape index (κ1) is 14.3. The molecule has 1 N–H and O–H groups in total. The van der Waals surface area contributed by atoms with Crippen molar-refractivity contribution >= 4 is 5.69 Å². The van der Waals surface area contributed by atoms with Crippen molar-refractivity contribution in [2.75, 3.05) is 24.5 Å². The highest BCUT2D eigenvalue weighted by molar-refractivity contribution is 5.54. The van der Waals surface area contributed by atoms with Gasteiger partial charge in [-0.05, 0) is 48.6 Å². The molecular formula is C16H25FN2. The van der Waals surface area contributed by atoms with Crippen molar-refractivity contribution in [3.8, 4) is 0 Å². The largest absolute Gasteiger partial charge is 0.371 e. The fraction of sp³-hybridized carbons (Fsp3) is 0.625. The summed E-state index contributed by atoms with van der Waals surface area (Å²) in [6.07, 6.45) is 1.29. The Labute approximate surface area is 116 Å². The minimum atomic E-state index is -0.144. The lowest BCUT2D eigenvalue weighted by Crippen LogP contribution is -2.39. The van der Waals surface area contributed by atoms with E-state index in [1.807, 2.05) is 6.07 Å². The normalized spacial score (nSPS) is 23.7. The molecule has 0 aliphatic carbocycles. The maximum Gasteiger partial charge on any atom is 0.123 e. The standard InChI is InChI=1S/C16H25FN2/c1-4-18-9-14-8-15(17)5-6-16(14)19-10-12(2)7-13(3)11-19/h5-6,8,12-13,18H,4,7,9-11H2,1-3H3. The van der Waals surface area contributed by atoms with Crippen molar-refractivity contribution in [3.63, 3.8) is 0 Å². The van der Waals surface area contributed by atoms with E-state index in [1.54, 1.807) is 12.1 Å². The lowest BCUT2D eigenvalue weighted by Gasteiger charge is -2.37. The first-order chi connectivity index (χ1) is 9.10. The molecule has 0 bridgehead atoms. The molecule has 1 aromatic carbocycles. The van der Waals surface area contributed by atoms with Gasteiger partial charge in [0.05, 0.1) is 0 Å². The monoisotopic (exact) mass is 264 g/mol. The molecule has 0 amide bonds. The zero-order valence-corrected chi connectivity index (χ0v) is 12.2. The van der Waals surface area contributed by atoms with Crippen LogP contribution in [0.25, 0.3) is 0 Å². The molecule has 2 nitrogen and oxygen atoms in total. The van der Waals surface area contributed by atoms with Gasteiger partial charge in [0.1, 0.15) is 5.82 Å². The quantitative estimate of drug-likeness (QED) is 0.896. The average molecular weight is 264 g/mol. The third-order valence-corrected chi connectivity index (χ3v) is 3.82. The van der Waals surface area contributed by atoms with E-state index in [2.05, 4.69) is 31.0 Å². The van der Waals surface area contributed by atoms with Crippen molar-refractivity contribution in [2.45, 2.75) is 33.7 Å². The first-order valence-electron chi connectivity index (χ1n) is 7.34. The van der Waals surface area contributed by atoms with E-state index in [9.17, 15) is 4.39 Å². The van der Waals surface area contributed by atoms with E-state index in [0.717, 1.165) is 31.7 Å². The maximum absolute atomic E-state index is 13.4. The molecule has 2 atom stereocenters. The van der Waals surface area contributed by atoms with E-state index >= 15 is 0 Å². The second-order valence-electron chi connectivity index (χ2n) is 5.90. The van der Waals surface area contributed by atoms with Crippen LogP contribution >= 0.6 is 0 Å². The molecule has 19 heavy (non-hydrogen) atoms. The summed E-state index contributed by atoms with van der Waals surface area (Å²) in [7, 11) is 0. The molecule has 1 aliphatic rings. The number of halogens is 1. The molecule has 0 spiro atoms. The molecule has 0 aromatic heterocycles. The van der Waals surface area contributed by atoms with Crippen molar-refractivity contribution in [3.05, 3.63) is 29.6 Å². The number of rotatable bonds is 4. The minimum Gasteiger partial charge on any atom is -0.371 e. The van der Waals surface area contributed by atoms with Crippen LogP contribution in [0.1, 0.15) is 32.8 Å². The molecular weight excluding hydrogens is 239 g/mol. The summed E-state index contributed by atoms with van der Waals surface area (Å²) in [4.78, 5) is 2.42. The van der Waals surface area contributed by atoms with Crippen LogP contribution in [0.2, 0.25) is 0 Å². The van der Waals surface area contributed by atoms with Gasteiger partial charge in [0.25, 0.3) is 0 Å².